The van der Waals surface area contributed by atoms with E-state index in [-0.39, 0.29) is 12.2 Å². The molecule has 3 amide bonds. The van der Waals surface area contributed by atoms with Gasteiger partial charge in [-0.25, -0.2) is 9.18 Å². The Morgan fingerprint density at radius 2 is 1.76 bits per heavy atom. The molecule has 0 aromatic heterocycles. The minimum atomic E-state index is -0.604. The van der Waals surface area contributed by atoms with E-state index in [9.17, 15) is 14.0 Å². The molecule has 2 rings (SSSR count). The Kier molecular flexibility index (Phi) is 6.16. The van der Waals surface area contributed by atoms with Crippen molar-refractivity contribution in [1.82, 2.24) is 5.32 Å². The van der Waals surface area contributed by atoms with E-state index in [1.54, 1.807) is 24.3 Å². The second kappa shape index (κ2) is 8.53. The van der Waals surface area contributed by atoms with Gasteiger partial charge in [0.05, 0.1) is 32.1 Å². The number of carbonyl (C=O) groups excluding carboxylic acids is 2. The van der Waals surface area contributed by atoms with Gasteiger partial charge in [-0.2, -0.15) is 0 Å². The standard InChI is InChI=1S/C17H18FN3O4/c1-24-11-7-8-14(15(9-11)25-2)21-17(23)19-10-16(22)20-13-6-4-3-5-12(13)18/h3-9H,10H2,1-2H3,(H,20,22)(H2,19,21,23). The monoisotopic (exact) mass is 347 g/mol. The summed E-state index contributed by atoms with van der Waals surface area (Å²) in [4.78, 5) is 23.7. The Bertz CT molecular complexity index is 767. The van der Waals surface area contributed by atoms with Crippen LogP contribution in [0.4, 0.5) is 20.6 Å². The lowest BCUT2D eigenvalue weighted by Gasteiger charge is -2.12. The Morgan fingerprint density at radius 1 is 1.00 bits per heavy atom. The molecule has 0 saturated heterocycles. The lowest BCUT2D eigenvalue weighted by Crippen LogP contribution is -2.36. The summed E-state index contributed by atoms with van der Waals surface area (Å²) in [5, 5.41) is 7.31. The first-order chi connectivity index (χ1) is 12.0. The molecular formula is C17H18FN3O4. The Morgan fingerprint density at radius 3 is 2.44 bits per heavy atom. The number of anilines is 2. The lowest BCUT2D eigenvalue weighted by molar-refractivity contribution is -0.115. The molecule has 0 spiro atoms. The van der Waals surface area contributed by atoms with Crippen LogP contribution >= 0.6 is 0 Å². The van der Waals surface area contributed by atoms with Crippen LogP contribution in [0.5, 0.6) is 11.5 Å². The zero-order chi connectivity index (χ0) is 18.2. The van der Waals surface area contributed by atoms with Crippen molar-refractivity contribution in [2.75, 3.05) is 31.4 Å². The number of methoxy groups -OCH3 is 2. The summed E-state index contributed by atoms with van der Waals surface area (Å²) in [6.07, 6.45) is 0. The number of hydrogen-bond acceptors (Lipinski definition) is 4. The number of hydrogen-bond donors (Lipinski definition) is 3. The topological polar surface area (TPSA) is 88.7 Å². The van der Waals surface area contributed by atoms with Crippen molar-refractivity contribution in [1.29, 1.82) is 0 Å². The molecule has 25 heavy (non-hydrogen) atoms. The third-order valence-electron chi connectivity index (χ3n) is 3.21. The number of ether oxygens (including phenoxy) is 2. The zero-order valence-electron chi connectivity index (χ0n) is 13.8. The molecule has 8 heteroatoms. The van der Waals surface area contributed by atoms with Crippen molar-refractivity contribution in [3.63, 3.8) is 0 Å². The van der Waals surface area contributed by atoms with Gasteiger partial charge in [0.15, 0.2) is 0 Å². The molecule has 0 aliphatic rings. The van der Waals surface area contributed by atoms with Gasteiger partial charge in [0.1, 0.15) is 17.3 Å². The highest BCUT2D eigenvalue weighted by Crippen LogP contribution is 2.28. The van der Waals surface area contributed by atoms with Crippen LogP contribution in [-0.2, 0) is 4.79 Å². The van der Waals surface area contributed by atoms with E-state index in [1.165, 1.54) is 32.4 Å². The number of rotatable bonds is 6. The summed E-state index contributed by atoms with van der Waals surface area (Å²) in [5.41, 5.74) is 0.460. The number of urea groups is 1. The van der Waals surface area contributed by atoms with Crippen LogP contribution in [0.25, 0.3) is 0 Å². The van der Waals surface area contributed by atoms with E-state index in [2.05, 4.69) is 16.0 Å². The second-order valence-electron chi connectivity index (χ2n) is 4.90. The molecule has 7 nitrogen and oxygen atoms in total. The van der Waals surface area contributed by atoms with Crippen LogP contribution in [0.15, 0.2) is 42.5 Å². The first-order valence-electron chi connectivity index (χ1n) is 7.34. The van der Waals surface area contributed by atoms with Crippen LogP contribution in [0, 0.1) is 5.82 Å². The third-order valence-corrected chi connectivity index (χ3v) is 3.21. The average molecular weight is 347 g/mol. The lowest BCUT2D eigenvalue weighted by atomic mass is 10.2. The Labute approximate surface area is 144 Å². The summed E-state index contributed by atoms with van der Waals surface area (Å²) < 4.78 is 23.7. The summed E-state index contributed by atoms with van der Waals surface area (Å²) in [7, 11) is 2.97. The van der Waals surface area contributed by atoms with E-state index in [4.69, 9.17) is 9.47 Å². The van der Waals surface area contributed by atoms with Crippen molar-refractivity contribution >= 4 is 23.3 Å². The molecule has 0 atom stereocenters. The van der Waals surface area contributed by atoms with Crippen molar-refractivity contribution in [2.45, 2.75) is 0 Å². The molecule has 0 radical (unpaired) electrons. The highest BCUT2D eigenvalue weighted by molar-refractivity contribution is 5.97. The molecule has 0 heterocycles. The molecule has 0 aliphatic carbocycles. The summed E-state index contributed by atoms with van der Waals surface area (Å²) in [6.45, 7) is -0.321. The normalized spacial score (nSPS) is 9.88. The van der Waals surface area contributed by atoms with Crippen molar-refractivity contribution in [2.24, 2.45) is 0 Å². The predicted molar refractivity (Wildman–Crippen MR) is 91.6 cm³/mol. The number of carbonyl (C=O) groups is 2. The first kappa shape index (κ1) is 18.1. The smallest absolute Gasteiger partial charge is 0.319 e. The van der Waals surface area contributed by atoms with Gasteiger partial charge in [-0.1, -0.05) is 12.1 Å². The summed E-state index contributed by atoms with van der Waals surface area (Å²) in [6, 6.07) is 10.0. The molecule has 0 bridgehead atoms. The van der Waals surface area contributed by atoms with Gasteiger partial charge in [-0.05, 0) is 24.3 Å². The number of halogens is 1. The number of benzene rings is 2. The molecular weight excluding hydrogens is 329 g/mol. The van der Waals surface area contributed by atoms with Crippen molar-refractivity contribution < 1.29 is 23.5 Å². The molecule has 0 fully saturated rings. The van der Waals surface area contributed by atoms with Crippen LogP contribution in [0.3, 0.4) is 0 Å². The molecule has 0 aliphatic heterocycles. The zero-order valence-corrected chi connectivity index (χ0v) is 13.8. The predicted octanol–water partition coefficient (Wildman–Crippen LogP) is 2.60. The maximum absolute atomic E-state index is 13.4. The molecule has 2 aromatic rings. The maximum atomic E-state index is 13.4. The molecule has 0 saturated carbocycles. The summed E-state index contributed by atoms with van der Waals surface area (Å²) >= 11 is 0. The Hall–Kier alpha value is -3.29. The van der Waals surface area contributed by atoms with Gasteiger partial charge in [-0.15, -0.1) is 0 Å². The average Bonchev–Trinajstić information content (AvgIpc) is 2.62. The van der Waals surface area contributed by atoms with E-state index >= 15 is 0 Å². The van der Waals surface area contributed by atoms with Crippen molar-refractivity contribution in [3.05, 3.63) is 48.3 Å². The summed E-state index contributed by atoms with van der Waals surface area (Å²) in [5.74, 6) is -0.123. The quantitative estimate of drug-likeness (QED) is 0.749. The van der Waals surface area contributed by atoms with E-state index in [1.807, 2.05) is 0 Å². The minimum Gasteiger partial charge on any atom is -0.497 e. The van der Waals surface area contributed by atoms with E-state index < -0.39 is 17.8 Å². The van der Waals surface area contributed by atoms with Gasteiger partial charge < -0.3 is 25.4 Å². The molecule has 2 aromatic carbocycles. The van der Waals surface area contributed by atoms with E-state index in [0.29, 0.717) is 17.2 Å². The van der Waals surface area contributed by atoms with Crippen LogP contribution in [0.1, 0.15) is 0 Å². The van der Waals surface area contributed by atoms with Gasteiger partial charge in [0, 0.05) is 6.07 Å². The second-order valence-corrected chi connectivity index (χ2v) is 4.90. The number of nitrogens with one attached hydrogen (secondary N) is 3. The molecule has 0 unspecified atom stereocenters. The maximum Gasteiger partial charge on any atom is 0.319 e. The van der Waals surface area contributed by atoms with Gasteiger partial charge in [-0.3, -0.25) is 4.79 Å². The SMILES string of the molecule is COc1ccc(NC(=O)NCC(=O)Nc2ccccc2F)c(OC)c1. The third kappa shape index (κ3) is 5.10. The van der Waals surface area contributed by atoms with E-state index in [0.717, 1.165) is 0 Å². The largest absolute Gasteiger partial charge is 0.497 e. The van der Waals surface area contributed by atoms with Gasteiger partial charge >= 0.3 is 6.03 Å². The fourth-order valence-corrected chi connectivity index (χ4v) is 1.99. The van der Waals surface area contributed by atoms with Gasteiger partial charge in [0.2, 0.25) is 5.91 Å². The number of amides is 3. The fraction of sp³-hybridized carbons (Fsp3) is 0.176. The van der Waals surface area contributed by atoms with Crippen molar-refractivity contribution in [3.8, 4) is 11.5 Å². The van der Waals surface area contributed by atoms with Gasteiger partial charge in [0.25, 0.3) is 0 Å². The minimum absolute atomic E-state index is 0.0477. The van der Waals surface area contributed by atoms with Crippen LogP contribution < -0.4 is 25.4 Å². The Balaban J connectivity index is 1.88. The highest BCUT2D eigenvalue weighted by Gasteiger charge is 2.11. The first-order valence-corrected chi connectivity index (χ1v) is 7.34. The fourth-order valence-electron chi connectivity index (χ4n) is 1.99. The van der Waals surface area contributed by atoms with Crippen LogP contribution in [-0.4, -0.2) is 32.7 Å². The molecule has 132 valence electrons. The van der Waals surface area contributed by atoms with Crippen LogP contribution in [0.2, 0.25) is 0 Å². The highest BCUT2D eigenvalue weighted by atomic mass is 19.1. The number of para-hydroxylation sites is 1. The molecule has 3 N–H and O–H groups in total.